The summed E-state index contributed by atoms with van der Waals surface area (Å²) in [5, 5.41) is 1.14. The summed E-state index contributed by atoms with van der Waals surface area (Å²) >= 11 is 0. The molecule has 0 fully saturated rings. The lowest BCUT2D eigenvalue weighted by molar-refractivity contribution is 1.27. The van der Waals surface area contributed by atoms with Gasteiger partial charge < -0.3 is 4.98 Å². The van der Waals surface area contributed by atoms with Crippen molar-refractivity contribution in [3.8, 4) is 11.5 Å². The number of para-hydroxylation sites is 2. The van der Waals surface area contributed by atoms with E-state index >= 15 is 0 Å². The number of benzene rings is 2. The molecule has 2 aromatic heterocycles. The maximum absolute atomic E-state index is 4.68. The van der Waals surface area contributed by atoms with Crippen LogP contribution >= 0.6 is 0 Å². The molecule has 0 unspecified atom stereocenters. The van der Waals surface area contributed by atoms with Gasteiger partial charge in [0.1, 0.15) is 5.69 Å². The van der Waals surface area contributed by atoms with Crippen molar-refractivity contribution in [2.24, 2.45) is 0 Å². The van der Waals surface area contributed by atoms with Gasteiger partial charge in [-0.1, -0.05) is 36.4 Å². The van der Waals surface area contributed by atoms with Gasteiger partial charge in [0.05, 0.1) is 16.6 Å². The summed E-state index contributed by atoms with van der Waals surface area (Å²) in [6.07, 6.45) is 0. The van der Waals surface area contributed by atoms with Gasteiger partial charge >= 0.3 is 0 Å². The summed E-state index contributed by atoms with van der Waals surface area (Å²) in [6, 6.07) is 18.3. The van der Waals surface area contributed by atoms with E-state index in [2.05, 4.69) is 40.1 Å². The van der Waals surface area contributed by atoms with E-state index in [1.54, 1.807) is 0 Å². The average Bonchev–Trinajstić information content (AvgIpc) is 2.92. The first-order valence-electron chi connectivity index (χ1n) is 6.63. The van der Waals surface area contributed by atoms with Gasteiger partial charge in [-0.15, -0.1) is 0 Å². The minimum atomic E-state index is 0.819. The number of nitrogens with one attached hydrogen (secondary N) is 1. The van der Waals surface area contributed by atoms with Gasteiger partial charge in [0.25, 0.3) is 0 Å². The van der Waals surface area contributed by atoms with Crippen molar-refractivity contribution < 1.29 is 0 Å². The van der Waals surface area contributed by atoms with Crippen molar-refractivity contribution in [3.05, 3.63) is 60.2 Å². The minimum Gasteiger partial charge on any atom is -0.337 e. The maximum Gasteiger partial charge on any atom is 0.157 e. The molecule has 3 heteroatoms. The van der Waals surface area contributed by atoms with Gasteiger partial charge in [0.15, 0.2) is 5.82 Å². The van der Waals surface area contributed by atoms with Crippen LogP contribution in [0.25, 0.3) is 33.5 Å². The number of imidazole rings is 1. The van der Waals surface area contributed by atoms with Crippen LogP contribution in [0.1, 0.15) is 5.56 Å². The van der Waals surface area contributed by atoms with Gasteiger partial charge in [-0.05, 0) is 30.7 Å². The van der Waals surface area contributed by atoms with E-state index in [-0.39, 0.29) is 0 Å². The second kappa shape index (κ2) is 4.17. The van der Waals surface area contributed by atoms with Gasteiger partial charge in [-0.3, -0.25) is 0 Å². The maximum atomic E-state index is 4.68. The summed E-state index contributed by atoms with van der Waals surface area (Å²) in [5.74, 6) is 0.819. The third-order valence-corrected chi connectivity index (χ3v) is 3.56. The number of hydrogen-bond donors (Lipinski definition) is 1. The average molecular weight is 259 g/mol. The molecular formula is C17H13N3. The largest absolute Gasteiger partial charge is 0.337 e. The van der Waals surface area contributed by atoms with E-state index in [1.165, 1.54) is 5.56 Å². The van der Waals surface area contributed by atoms with E-state index in [1.807, 2.05) is 36.4 Å². The lowest BCUT2D eigenvalue weighted by atomic mass is 10.2. The van der Waals surface area contributed by atoms with Gasteiger partial charge in [-0.2, -0.15) is 0 Å². The van der Waals surface area contributed by atoms with Crippen molar-refractivity contribution in [3.63, 3.8) is 0 Å². The standard InChI is InChI=1S/C17H13N3/c1-11-5-4-8-14-16(11)20-17(19-14)15-10-9-12-6-2-3-7-13(12)18-15/h2-10H,1H3,(H,19,20). The molecule has 1 N–H and O–H groups in total. The van der Waals surface area contributed by atoms with Crippen LogP contribution in [0, 0.1) is 6.92 Å². The lowest BCUT2D eigenvalue weighted by Crippen LogP contribution is -1.86. The number of fused-ring (bicyclic) bond motifs is 2. The highest BCUT2D eigenvalue weighted by atomic mass is 14.9. The van der Waals surface area contributed by atoms with Crippen LogP contribution in [0.2, 0.25) is 0 Å². The number of pyridine rings is 1. The first-order valence-corrected chi connectivity index (χ1v) is 6.63. The zero-order valence-corrected chi connectivity index (χ0v) is 11.1. The number of aryl methyl sites for hydroxylation is 1. The first-order chi connectivity index (χ1) is 9.81. The van der Waals surface area contributed by atoms with E-state index in [4.69, 9.17) is 0 Å². The minimum absolute atomic E-state index is 0.819. The fourth-order valence-electron chi connectivity index (χ4n) is 2.49. The summed E-state index contributed by atoms with van der Waals surface area (Å²) in [7, 11) is 0. The fraction of sp³-hybridized carbons (Fsp3) is 0.0588. The zero-order chi connectivity index (χ0) is 13.5. The molecule has 0 amide bonds. The second-order valence-corrected chi connectivity index (χ2v) is 4.95. The van der Waals surface area contributed by atoms with Crippen LogP contribution in [-0.2, 0) is 0 Å². The molecule has 3 nitrogen and oxygen atoms in total. The topological polar surface area (TPSA) is 41.6 Å². The molecule has 4 aromatic rings. The van der Waals surface area contributed by atoms with Crippen molar-refractivity contribution in [1.82, 2.24) is 15.0 Å². The van der Waals surface area contributed by atoms with Crippen LogP contribution in [0.5, 0.6) is 0 Å². The second-order valence-electron chi connectivity index (χ2n) is 4.95. The van der Waals surface area contributed by atoms with Crippen molar-refractivity contribution >= 4 is 21.9 Å². The van der Waals surface area contributed by atoms with E-state index in [0.29, 0.717) is 0 Å². The molecule has 20 heavy (non-hydrogen) atoms. The predicted octanol–water partition coefficient (Wildman–Crippen LogP) is 4.09. The Morgan fingerprint density at radius 3 is 2.65 bits per heavy atom. The van der Waals surface area contributed by atoms with E-state index in [0.717, 1.165) is 33.5 Å². The predicted molar refractivity (Wildman–Crippen MR) is 81.6 cm³/mol. The van der Waals surface area contributed by atoms with Gasteiger partial charge in [0, 0.05) is 5.39 Å². The molecular weight excluding hydrogens is 246 g/mol. The molecule has 0 radical (unpaired) electrons. The van der Waals surface area contributed by atoms with Gasteiger partial charge in [-0.25, -0.2) is 9.97 Å². The molecule has 4 rings (SSSR count). The van der Waals surface area contributed by atoms with Gasteiger partial charge in [0.2, 0.25) is 0 Å². The lowest BCUT2D eigenvalue weighted by Gasteiger charge is -1.99. The van der Waals surface area contributed by atoms with Crippen molar-refractivity contribution in [2.45, 2.75) is 6.92 Å². The SMILES string of the molecule is Cc1cccc2[nH]c(-c3ccc4ccccc4n3)nc12. The summed E-state index contributed by atoms with van der Waals surface area (Å²) < 4.78 is 0. The number of rotatable bonds is 1. The Kier molecular flexibility index (Phi) is 2.33. The van der Waals surface area contributed by atoms with Crippen molar-refractivity contribution in [2.75, 3.05) is 0 Å². The van der Waals surface area contributed by atoms with E-state index < -0.39 is 0 Å². The third kappa shape index (κ3) is 1.67. The molecule has 0 saturated carbocycles. The Morgan fingerprint density at radius 2 is 1.75 bits per heavy atom. The normalized spacial score (nSPS) is 11.2. The van der Waals surface area contributed by atoms with Crippen LogP contribution < -0.4 is 0 Å². The molecule has 2 heterocycles. The Morgan fingerprint density at radius 1 is 0.850 bits per heavy atom. The Balaban J connectivity index is 1.94. The summed E-state index contributed by atoms with van der Waals surface area (Å²) in [6.45, 7) is 2.07. The van der Waals surface area contributed by atoms with Crippen LogP contribution in [-0.4, -0.2) is 15.0 Å². The number of aromatic nitrogens is 3. The smallest absolute Gasteiger partial charge is 0.157 e. The van der Waals surface area contributed by atoms with Crippen LogP contribution in [0.15, 0.2) is 54.6 Å². The zero-order valence-electron chi connectivity index (χ0n) is 11.1. The van der Waals surface area contributed by atoms with Crippen molar-refractivity contribution in [1.29, 1.82) is 0 Å². The monoisotopic (exact) mass is 259 g/mol. The number of aromatic amines is 1. The fourth-order valence-corrected chi connectivity index (χ4v) is 2.49. The highest BCUT2D eigenvalue weighted by Crippen LogP contribution is 2.23. The number of nitrogens with zero attached hydrogens (tertiary/aromatic N) is 2. The summed E-state index contributed by atoms with van der Waals surface area (Å²) in [4.78, 5) is 12.7. The third-order valence-electron chi connectivity index (χ3n) is 3.56. The Labute approximate surface area is 116 Å². The molecule has 0 aliphatic rings. The van der Waals surface area contributed by atoms with Crippen LogP contribution in [0.3, 0.4) is 0 Å². The quantitative estimate of drug-likeness (QED) is 0.559. The van der Waals surface area contributed by atoms with E-state index in [9.17, 15) is 0 Å². The summed E-state index contributed by atoms with van der Waals surface area (Å²) in [5.41, 5.74) is 5.10. The molecule has 0 atom stereocenters. The van der Waals surface area contributed by atoms with Crippen LogP contribution in [0.4, 0.5) is 0 Å². The Bertz CT molecular complexity index is 922. The number of hydrogen-bond acceptors (Lipinski definition) is 2. The first kappa shape index (κ1) is 11.2. The molecule has 96 valence electrons. The number of H-pyrrole nitrogens is 1. The highest BCUT2D eigenvalue weighted by molar-refractivity contribution is 5.84. The molecule has 0 saturated heterocycles. The molecule has 0 aliphatic heterocycles. The highest BCUT2D eigenvalue weighted by Gasteiger charge is 2.08. The Hall–Kier alpha value is -2.68. The molecule has 0 spiro atoms. The molecule has 0 aliphatic carbocycles. The molecule has 0 bridgehead atoms. The molecule has 2 aromatic carbocycles.